The third-order valence-electron chi connectivity index (χ3n) is 2.30. The Bertz CT molecular complexity index is 463. The molecule has 82 valence electrons. The first-order valence-electron chi connectivity index (χ1n) is 4.99. The van der Waals surface area contributed by atoms with Crippen LogP contribution in [-0.4, -0.2) is 31.2 Å². The molecule has 0 bridgehead atoms. The van der Waals surface area contributed by atoms with Crippen LogP contribution >= 0.6 is 0 Å². The zero-order valence-electron chi connectivity index (χ0n) is 9.29. The molecule has 2 rings (SSSR count). The van der Waals surface area contributed by atoms with Gasteiger partial charge in [-0.25, -0.2) is 4.79 Å². The minimum Gasteiger partial charge on any atom is -0.330 e. The van der Waals surface area contributed by atoms with Crippen molar-refractivity contribution in [3.05, 3.63) is 42.2 Å². The molecule has 0 aliphatic carbocycles. The molecule has 0 fully saturated rings. The summed E-state index contributed by atoms with van der Waals surface area (Å²) in [6.07, 6.45) is 5.03. The normalized spacial score (nSPS) is 13.2. The second-order valence-corrected chi connectivity index (χ2v) is 3.68. The summed E-state index contributed by atoms with van der Waals surface area (Å²) in [5.41, 5.74) is 1.78. The number of hydrogen-bond acceptors (Lipinski definition) is 2. The number of carbonyl (C=O) groups excluding carboxylic acids is 1. The first-order chi connectivity index (χ1) is 7.70. The van der Waals surface area contributed by atoms with Crippen LogP contribution in [0, 0.1) is 0 Å². The average Bonchev–Trinajstić information content (AvgIpc) is 2.50. The fourth-order valence-electron chi connectivity index (χ4n) is 1.51. The molecule has 0 unspecified atom stereocenters. The highest BCUT2D eigenvalue weighted by Gasteiger charge is 2.18. The van der Waals surface area contributed by atoms with Crippen molar-refractivity contribution in [2.75, 3.05) is 19.0 Å². The molecule has 1 aliphatic heterocycles. The molecule has 1 aromatic rings. The molecule has 4 nitrogen and oxygen atoms in total. The van der Waals surface area contributed by atoms with Gasteiger partial charge in [-0.2, -0.15) is 0 Å². The van der Waals surface area contributed by atoms with Crippen LogP contribution in [0.2, 0.25) is 0 Å². The largest absolute Gasteiger partial charge is 0.330 e. The maximum atomic E-state index is 12.0. The van der Waals surface area contributed by atoms with Gasteiger partial charge < -0.3 is 4.90 Å². The number of nitrogens with zero attached hydrogens (tertiary/aromatic N) is 3. The zero-order chi connectivity index (χ0) is 11.5. The molecular formula is C12H13N3O. The molecule has 2 amide bonds. The highest BCUT2D eigenvalue weighted by atomic mass is 16.2. The lowest BCUT2D eigenvalue weighted by molar-refractivity contribution is 0.226. The van der Waals surface area contributed by atoms with Gasteiger partial charge in [0, 0.05) is 38.3 Å². The Balaban J connectivity index is 2.46. The molecule has 16 heavy (non-hydrogen) atoms. The van der Waals surface area contributed by atoms with Crippen molar-refractivity contribution in [1.29, 1.82) is 0 Å². The van der Waals surface area contributed by atoms with E-state index in [0.717, 1.165) is 11.3 Å². The predicted octanol–water partition coefficient (Wildman–Crippen LogP) is 2.08. The van der Waals surface area contributed by atoms with Crippen LogP contribution in [0.25, 0.3) is 0 Å². The lowest BCUT2D eigenvalue weighted by Gasteiger charge is -2.23. The lowest BCUT2D eigenvalue weighted by Crippen LogP contribution is -2.35. The van der Waals surface area contributed by atoms with Crippen LogP contribution in [0.3, 0.4) is 0 Å². The Morgan fingerprint density at radius 1 is 1.31 bits per heavy atom. The van der Waals surface area contributed by atoms with Crippen LogP contribution < -0.4 is 4.90 Å². The number of carbonyl (C=O) groups is 1. The standard InChI is InChI=1S/C12H13N3O/c1-14(2)12(16)15-8-7-13-9-10-5-3-4-6-11(10)15/h3-9H,1-2H3. The number of rotatable bonds is 0. The lowest BCUT2D eigenvalue weighted by atomic mass is 10.2. The van der Waals surface area contributed by atoms with Gasteiger partial charge in [0.05, 0.1) is 5.69 Å². The van der Waals surface area contributed by atoms with Crippen molar-refractivity contribution in [2.24, 2.45) is 4.99 Å². The van der Waals surface area contributed by atoms with Gasteiger partial charge >= 0.3 is 6.03 Å². The van der Waals surface area contributed by atoms with E-state index in [0.29, 0.717) is 0 Å². The summed E-state index contributed by atoms with van der Waals surface area (Å²) >= 11 is 0. The molecule has 1 aliphatic rings. The van der Waals surface area contributed by atoms with Crippen molar-refractivity contribution >= 4 is 17.9 Å². The van der Waals surface area contributed by atoms with Gasteiger partial charge in [0.2, 0.25) is 0 Å². The monoisotopic (exact) mass is 215 g/mol. The van der Waals surface area contributed by atoms with Crippen LogP contribution in [0.5, 0.6) is 0 Å². The van der Waals surface area contributed by atoms with Crippen molar-refractivity contribution < 1.29 is 4.79 Å². The number of fused-ring (bicyclic) bond motifs is 1. The Kier molecular flexibility index (Phi) is 2.72. The second-order valence-electron chi connectivity index (χ2n) is 3.68. The molecule has 0 atom stereocenters. The minimum atomic E-state index is -0.0887. The molecule has 1 heterocycles. The Hall–Kier alpha value is -2.10. The fourth-order valence-corrected chi connectivity index (χ4v) is 1.51. The Morgan fingerprint density at radius 2 is 2.06 bits per heavy atom. The van der Waals surface area contributed by atoms with Crippen LogP contribution in [0.4, 0.5) is 10.5 Å². The maximum Gasteiger partial charge on any atom is 0.328 e. The smallest absolute Gasteiger partial charge is 0.328 e. The van der Waals surface area contributed by atoms with Gasteiger partial charge in [-0.3, -0.25) is 9.89 Å². The molecule has 4 heteroatoms. The van der Waals surface area contributed by atoms with E-state index in [1.165, 1.54) is 4.90 Å². The quantitative estimate of drug-likeness (QED) is 0.652. The summed E-state index contributed by atoms with van der Waals surface area (Å²) in [5, 5.41) is 0. The van der Waals surface area contributed by atoms with Gasteiger partial charge in [0.15, 0.2) is 0 Å². The van der Waals surface area contributed by atoms with Crippen molar-refractivity contribution in [3.63, 3.8) is 0 Å². The molecule has 0 saturated heterocycles. The second kappa shape index (κ2) is 4.18. The number of aliphatic imine (C=N–C) groups is 1. The minimum absolute atomic E-state index is 0.0887. The number of amides is 2. The van der Waals surface area contributed by atoms with E-state index >= 15 is 0 Å². The van der Waals surface area contributed by atoms with Crippen molar-refractivity contribution in [2.45, 2.75) is 0 Å². The summed E-state index contributed by atoms with van der Waals surface area (Å²) < 4.78 is 0. The predicted molar refractivity (Wildman–Crippen MR) is 64.7 cm³/mol. The van der Waals surface area contributed by atoms with Crippen LogP contribution in [0.1, 0.15) is 5.56 Å². The summed E-state index contributed by atoms with van der Waals surface area (Å²) in [6.45, 7) is 0. The van der Waals surface area contributed by atoms with Gasteiger partial charge in [-0.05, 0) is 6.07 Å². The fraction of sp³-hybridized carbons (Fsp3) is 0.167. The summed E-state index contributed by atoms with van der Waals surface area (Å²) in [6, 6.07) is 7.57. The third kappa shape index (κ3) is 1.82. The maximum absolute atomic E-state index is 12.0. The van der Waals surface area contributed by atoms with E-state index < -0.39 is 0 Å². The van der Waals surface area contributed by atoms with Crippen molar-refractivity contribution in [3.8, 4) is 0 Å². The van der Waals surface area contributed by atoms with Crippen LogP contribution in [-0.2, 0) is 0 Å². The molecule has 0 N–H and O–H groups in total. The number of para-hydroxylation sites is 1. The molecule has 0 saturated carbocycles. The first kappa shape index (κ1) is 10.4. The van der Waals surface area contributed by atoms with E-state index in [9.17, 15) is 4.79 Å². The zero-order valence-corrected chi connectivity index (χ0v) is 9.29. The Labute approximate surface area is 94.5 Å². The van der Waals surface area contributed by atoms with E-state index in [-0.39, 0.29) is 6.03 Å². The number of hydrogen-bond donors (Lipinski definition) is 0. The van der Waals surface area contributed by atoms with Gasteiger partial charge in [0.1, 0.15) is 0 Å². The van der Waals surface area contributed by atoms with E-state index in [2.05, 4.69) is 4.99 Å². The van der Waals surface area contributed by atoms with Gasteiger partial charge in [-0.15, -0.1) is 0 Å². The first-order valence-corrected chi connectivity index (χ1v) is 4.99. The SMILES string of the molecule is CN(C)C(=O)N1C=CN=Cc2ccccc21. The summed E-state index contributed by atoms with van der Waals surface area (Å²) in [4.78, 5) is 19.2. The van der Waals surface area contributed by atoms with E-state index in [4.69, 9.17) is 0 Å². The molecule has 0 spiro atoms. The number of urea groups is 1. The van der Waals surface area contributed by atoms with E-state index in [1.807, 2.05) is 24.3 Å². The van der Waals surface area contributed by atoms with Crippen molar-refractivity contribution in [1.82, 2.24) is 4.90 Å². The van der Waals surface area contributed by atoms with Gasteiger partial charge in [0.25, 0.3) is 0 Å². The highest BCUT2D eigenvalue weighted by molar-refractivity contribution is 6.00. The summed E-state index contributed by atoms with van der Waals surface area (Å²) in [5.74, 6) is 0. The third-order valence-corrected chi connectivity index (χ3v) is 2.30. The Morgan fingerprint density at radius 3 is 2.81 bits per heavy atom. The van der Waals surface area contributed by atoms with Gasteiger partial charge in [-0.1, -0.05) is 18.2 Å². The topological polar surface area (TPSA) is 35.9 Å². The number of benzene rings is 1. The molecule has 0 radical (unpaired) electrons. The highest BCUT2D eigenvalue weighted by Crippen LogP contribution is 2.22. The molecule has 1 aromatic carbocycles. The molecule has 0 aromatic heterocycles. The summed E-state index contributed by atoms with van der Waals surface area (Å²) in [7, 11) is 3.45. The van der Waals surface area contributed by atoms with E-state index in [1.54, 1.807) is 37.6 Å². The average molecular weight is 215 g/mol. The molecular weight excluding hydrogens is 202 g/mol. The number of anilines is 1. The van der Waals surface area contributed by atoms with Crippen LogP contribution in [0.15, 0.2) is 41.7 Å².